The van der Waals surface area contributed by atoms with Gasteiger partial charge in [-0.15, -0.1) is 11.3 Å². The van der Waals surface area contributed by atoms with E-state index in [0.29, 0.717) is 30.3 Å². The fraction of sp³-hybridized carbons (Fsp3) is 0.400. The van der Waals surface area contributed by atoms with Gasteiger partial charge in [-0.3, -0.25) is 19.4 Å². The Bertz CT molecular complexity index is 791. The van der Waals surface area contributed by atoms with Crippen molar-refractivity contribution in [3.05, 3.63) is 51.7 Å². The molecule has 1 aliphatic rings. The molecule has 0 atom stereocenters. The highest BCUT2D eigenvalue weighted by Gasteiger charge is 2.22. The number of carbonyl (C=O) groups is 2. The molecule has 3 rings (SSSR count). The lowest BCUT2D eigenvalue weighted by molar-refractivity contribution is -0.132. The van der Waals surface area contributed by atoms with Crippen LogP contribution in [-0.4, -0.2) is 72.8 Å². The molecule has 2 aromatic rings. The zero-order chi connectivity index (χ0) is 19.9. The fourth-order valence-electron chi connectivity index (χ4n) is 3.10. The summed E-state index contributed by atoms with van der Waals surface area (Å²) >= 11 is 7.74. The summed E-state index contributed by atoms with van der Waals surface area (Å²) in [5.41, 5.74) is 0.632. The maximum absolute atomic E-state index is 12.4. The summed E-state index contributed by atoms with van der Waals surface area (Å²) < 4.78 is 0. The number of halogens is 1. The minimum absolute atomic E-state index is 0.0756. The number of amides is 2. The molecule has 8 heteroatoms. The predicted molar refractivity (Wildman–Crippen MR) is 114 cm³/mol. The van der Waals surface area contributed by atoms with Crippen LogP contribution in [0.3, 0.4) is 0 Å². The number of likely N-dealkylation sites (N-methyl/N-ethyl adjacent to an activating group) is 1. The van der Waals surface area contributed by atoms with Crippen molar-refractivity contribution in [1.82, 2.24) is 14.7 Å². The largest absolute Gasteiger partial charge is 0.340 e. The molecule has 1 aromatic carbocycles. The molecular formula is C20H25ClN4O2S. The van der Waals surface area contributed by atoms with Crippen LogP contribution in [0.2, 0.25) is 5.02 Å². The normalized spacial score (nSPS) is 15.4. The van der Waals surface area contributed by atoms with Crippen molar-refractivity contribution in [1.29, 1.82) is 0 Å². The molecule has 1 fully saturated rings. The smallest absolute Gasteiger partial charge is 0.238 e. The van der Waals surface area contributed by atoms with Crippen LogP contribution in [0.1, 0.15) is 4.88 Å². The Morgan fingerprint density at radius 1 is 1.07 bits per heavy atom. The van der Waals surface area contributed by atoms with Crippen LogP contribution in [0.25, 0.3) is 0 Å². The average molecular weight is 421 g/mol. The summed E-state index contributed by atoms with van der Waals surface area (Å²) in [7, 11) is 1.84. The van der Waals surface area contributed by atoms with Gasteiger partial charge < -0.3 is 10.2 Å². The number of thiophene rings is 1. The second kappa shape index (κ2) is 10.0. The lowest BCUT2D eigenvalue weighted by Gasteiger charge is -2.34. The first-order chi connectivity index (χ1) is 13.5. The van der Waals surface area contributed by atoms with Crippen LogP contribution in [0.15, 0.2) is 41.8 Å². The summed E-state index contributed by atoms with van der Waals surface area (Å²) in [6, 6.07) is 11.3. The van der Waals surface area contributed by atoms with E-state index in [9.17, 15) is 9.59 Å². The summed E-state index contributed by atoms with van der Waals surface area (Å²) in [4.78, 5) is 31.9. The zero-order valence-corrected chi connectivity index (χ0v) is 17.5. The van der Waals surface area contributed by atoms with Crippen molar-refractivity contribution >= 4 is 40.4 Å². The molecule has 6 nitrogen and oxygen atoms in total. The van der Waals surface area contributed by atoms with Crippen molar-refractivity contribution in [2.45, 2.75) is 6.54 Å². The second-order valence-electron chi connectivity index (χ2n) is 6.91. The number of nitrogens with zero attached hydrogens (tertiary/aromatic N) is 3. The Labute approximate surface area is 174 Å². The number of nitrogens with one attached hydrogen (secondary N) is 1. The van der Waals surface area contributed by atoms with E-state index in [4.69, 9.17) is 11.6 Å². The number of anilines is 1. The second-order valence-corrected chi connectivity index (χ2v) is 8.35. The van der Waals surface area contributed by atoms with E-state index in [1.54, 1.807) is 28.4 Å². The summed E-state index contributed by atoms with van der Waals surface area (Å²) in [5, 5.41) is 5.41. The van der Waals surface area contributed by atoms with E-state index in [1.165, 1.54) is 4.88 Å². The third-order valence-corrected chi connectivity index (χ3v) is 5.93. The Hall–Kier alpha value is -1.93. The Kier molecular flexibility index (Phi) is 7.44. The molecule has 2 amide bonds. The molecule has 1 N–H and O–H groups in total. The fourth-order valence-corrected chi connectivity index (χ4v) is 4.04. The Morgan fingerprint density at radius 2 is 1.75 bits per heavy atom. The lowest BCUT2D eigenvalue weighted by atomic mass is 10.3. The predicted octanol–water partition coefficient (Wildman–Crippen LogP) is 2.62. The third kappa shape index (κ3) is 6.04. The number of benzene rings is 1. The highest BCUT2D eigenvalue weighted by atomic mass is 35.5. The van der Waals surface area contributed by atoms with E-state index >= 15 is 0 Å². The minimum Gasteiger partial charge on any atom is -0.340 e. The molecule has 1 aliphatic heterocycles. The summed E-state index contributed by atoms with van der Waals surface area (Å²) in [6.45, 7) is 4.47. The minimum atomic E-state index is -0.0756. The average Bonchev–Trinajstić information content (AvgIpc) is 3.18. The highest BCUT2D eigenvalue weighted by Crippen LogP contribution is 2.20. The van der Waals surface area contributed by atoms with Gasteiger partial charge in [0, 0.05) is 38.1 Å². The monoisotopic (exact) mass is 420 g/mol. The van der Waals surface area contributed by atoms with E-state index in [-0.39, 0.29) is 11.8 Å². The van der Waals surface area contributed by atoms with E-state index in [0.717, 1.165) is 26.2 Å². The van der Waals surface area contributed by atoms with Gasteiger partial charge in [0.1, 0.15) is 0 Å². The van der Waals surface area contributed by atoms with Crippen molar-refractivity contribution in [2.75, 3.05) is 51.6 Å². The quantitative estimate of drug-likeness (QED) is 0.748. The number of carbonyl (C=O) groups excluding carboxylic acids is 2. The van der Waals surface area contributed by atoms with Crippen LogP contribution in [0.4, 0.5) is 5.69 Å². The van der Waals surface area contributed by atoms with E-state index in [2.05, 4.69) is 15.1 Å². The zero-order valence-electron chi connectivity index (χ0n) is 15.9. The van der Waals surface area contributed by atoms with E-state index in [1.807, 2.05) is 36.7 Å². The van der Waals surface area contributed by atoms with Gasteiger partial charge in [-0.1, -0.05) is 29.8 Å². The molecule has 0 aliphatic carbocycles. The maximum atomic E-state index is 12.4. The SMILES string of the molecule is CN(Cc1cccs1)C(=O)CN1CCN(CC(=O)Nc2ccccc2Cl)CC1. The van der Waals surface area contributed by atoms with Crippen molar-refractivity contribution in [3.8, 4) is 0 Å². The highest BCUT2D eigenvalue weighted by molar-refractivity contribution is 7.09. The molecule has 0 spiro atoms. The van der Waals surface area contributed by atoms with Gasteiger partial charge in [0.15, 0.2) is 0 Å². The van der Waals surface area contributed by atoms with Crippen LogP contribution < -0.4 is 5.32 Å². The third-order valence-electron chi connectivity index (χ3n) is 4.74. The molecular weight excluding hydrogens is 396 g/mol. The number of hydrogen-bond acceptors (Lipinski definition) is 5. The lowest BCUT2D eigenvalue weighted by Crippen LogP contribution is -2.51. The van der Waals surface area contributed by atoms with Crippen LogP contribution in [0, 0.1) is 0 Å². The first-order valence-corrected chi connectivity index (χ1v) is 10.5. The van der Waals surface area contributed by atoms with Gasteiger partial charge in [0.25, 0.3) is 0 Å². The maximum Gasteiger partial charge on any atom is 0.238 e. The molecule has 0 unspecified atom stereocenters. The number of rotatable bonds is 7. The molecule has 28 heavy (non-hydrogen) atoms. The molecule has 150 valence electrons. The van der Waals surface area contributed by atoms with E-state index < -0.39 is 0 Å². The van der Waals surface area contributed by atoms with Gasteiger partial charge >= 0.3 is 0 Å². The molecule has 2 heterocycles. The van der Waals surface area contributed by atoms with Gasteiger partial charge in [-0.25, -0.2) is 0 Å². The molecule has 0 radical (unpaired) electrons. The van der Waals surface area contributed by atoms with Crippen molar-refractivity contribution in [2.24, 2.45) is 0 Å². The van der Waals surface area contributed by atoms with Crippen LogP contribution >= 0.6 is 22.9 Å². The molecule has 0 bridgehead atoms. The number of piperazine rings is 1. The first-order valence-electron chi connectivity index (χ1n) is 9.26. The van der Waals surface area contributed by atoms with Gasteiger partial charge in [0.2, 0.25) is 11.8 Å². The van der Waals surface area contributed by atoms with Gasteiger partial charge in [0.05, 0.1) is 30.3 Å². The standard InChI is InChI=1S/C20H25ClN4O2S/c1-23(13-16-5-4-12-28-16)20(27)15-25-10-8-24(9-11-25)14-19(26)22-18-7-3-2-6-17(18)21/h2-7,12H,8-11,13-15H2,1H3,(H,22,26). The van der Waals surface area contributed by atoms with Crippen LogP contribution in [0.5, 0.6) is 0 Å². The molecule has 0 saturated carbocycles. The molecule has 1 saturated heterocycles. The molecule has 1 aromatic heterocycles. The number of para-hydroxylation sites is 1. The summed E-state index contributed by atoms with van der Waals surface area (Å²) in [6.07, 6.45) is 0. The van der Waals surface area contributed by atoms with Gasteiger partial charge in [-0.2, -0.15) is 0 Å². The van der Waals surface area contributed by atoms with Crippen LogP contribution in [-0.2, 0) is 16.1 Å². The summed E-state index contributed by atoms with van der Waals surface area (Å²) in [5.74, 6) is 0.0478. The number of hydrogen-bond donors (Lipinski definition) is 1. The Balaban J connectivity index is 1.38. The first kappa shape index (κ1) is 20.8. The topological polar surface area (TPSA) is 55.9 Å². The van der Waals surface area contributed by atoms with Crippen molar-refractivity contribution in [3.63, 3.8) is 0 Å². The van der Waals surface area contributed by atoms with Gasteiger partial charge in [-0.05, 0) is 23.6 Å². The Morgan fingerprint density at radius 3 is 2.39 bits per heavy atom. The van der Waals surface area contributed by atoms with Crippen molar-refractivity contribution < 1.29 is 9.59 Å².